The summed E-state index contributed by atoms with van der Waals surface area (Å²) in [6.07, 6.45) is -4.13. The molecule has 0 bridgehead atoms. The lowest BCUT2D eigenvalue weighted by Gasteiger charge is -2.31. The highest BCUT2D eigenvalue weighted by Crippen LogP contribution is 2.19. The third kappa shape index (κ3) is 10.9. The van der Waals surface area contributed by atoms with Gasteiger partial charge in [0.2, 0.25) is 0 Å². The first kappa shape index (κ1) is 30.7. The summed E-state index contributed by atoms with van der Waals surface area (Å²) in [6.45, 7) is 9.91. The Morgan fingerprint density at radius 2 is 1.45 bits per heavy atom. The third-order valence-electron chi connectivity index (χ3n) is 4.92. The number of nitrogens with one attached hydrogen (secondary N) is 2. The van der Waals surface area contributed by atoms with Crippen LogP contribution in [0.5, 0.6) is 0 Å². The Hall–Kier alpha value is -3.50. The molecule has 0 aliphatic heterocycles. The number of ether oxygens (including phenoxy) is 2. The number of halogens is 2. The van der Waals surface area contributed by atoms with Crippen LogP contribution in [-0.4, -0.2) is 51.9 Å². The van der Waals surface area contributed by atoms with E-state index < -0.39 is 53.3 Å². The van der Waals surface area contributed by atoms with Gasteiger partial charge in [0.25, 0.3) is 0 Å². The van der Waals surface area contributed by atoms with E-state index in [-0.39, 0.29) is 17.7 Å². The second kappa shape index (κ2) is 12.8. The van der Waals surface area contributed by atoms with Gasteiger partial charge < -0.3 is 25.0 Å². The number of benzene rings is 2. The Kier molecular flexibility index (Phi) is 10.4. The van der Waals surface area contributed by atoms with Gasteiger partial charge in [-0.3, -0.25) is 5.32 Å². The average molecular weight is 535 g/mol. The van der Waals surface area contributed by atoms with Crippen molar-refractivity contribution >= 4 is 18.3 Å². The van der Waals surface area contributed by atoms with Gasteiger partial charge in [-0.15, -0.1) is 0 Å². The lowest BCUT2D eigenvalue weighted by atomic mass is 9.95. The minimum Gasteiger partial charge on any atom is -0.444 e. The molecular formula is C28H36F2N2O6. The summed E-state index contributed by atoms with van der Waals surface area (Å²) >= 11 is 0. The van der Waals surface area contributed by atoms with E-state index in [0.29, 0.717) is 5.56 Å². The van der Waals surface area contributed by atoms with E-state index in [9.17, 15) is 28.6 Å². The number of hydrogen-bond acceptors (Lipinski definition) is 6. The van der Waals surface area contributed by atoms with Gasteiger partial charge in [-0.2, -0.15) is 0 Å². The maximum absolute atomic E-state index is 13.8. The third-order valence-corrected chi connectivity index (χ3v) is 4.92. The fourth-order valence-corrected chi connectivity index (χ4v) is 3.43. The van der Waals surface area contributed by atoms with Gasteiger partial charge in [0, 0.05) is 0 Å². The van der Waals surface area contributed by atoms with E-state index >= 15 is 0 Å². The average Bonchev–Trinajstić information content (AvgIpc) is 2.74. The van der Waals surface area contributed by atoms with E-state index in [2.05, 4.69) is 10.6 Å². The molecule has 4 N–H and O–H groups in total. The molecule has 0 saturated heterocycles. The first-order chi connectivity index (χ1) is 17.5. The SMILES string of the molecule is CC(C)(C)OC(=O)N/C(=C\c1cccc(F)c1)[C@H](O)[C@H](O)[C@H](Cc1cccc(F)c1)NC(=O)OC(C)(C)C. The minimum atomic E-state index is -1.79. The molecule has 2 aromatic rings. The minimum absolute atomic E-state index is 0.0884. The quantitative estimate of drug-likeness (QED) is 0.391. The molecule has 0 radical (unpaired) electrons. The van der Waals surface area contributed by atoms with Gasteiger partial charge in [-0.05, 0) is 89.4 Å². The number of alkyl carbamates (subject to hydrolysis) is 2. The van der Waals surface area contributed by atoms with Crippen molar-refractivity contribution in [1.29, 1.82) is 0 Å². The fourth-order valence-electron chi connectivity index (χ4n) is 3.43. The number of rotatable bonds is 8. The van der Waals surface area contributed by atoms with Gasteiger partial charge >= 0.3 is 12.2 Å². The molecule has 2 rings (SSSR count). The van der Waals surface area contributed by atoms with Crippen molar-refractivity contribution in [2.24, 2.45) is 0 Å². The van der Waals surface area contributed by atoms with Crippen LogP contribution in [0.2, 0.25) is 0 Å². The monoisotopic (exact) mass is 534 g/mol. The van der Waals surface area contributed by atoms with E-state index in [1.54, 1.807) is 47.6 Å². The van der Waals surface area contributed by atoms with Gasteiger partial charge in [0.1, 0.15) is 35.0 Å². The molecule has 0 saturated carbocycles. The van der Waals surface area contributed by atoms with Crippen molar-refractivity contribution in [2.45, 2.75) is 77.4 Å². The highest BCUT2D eigenvalue weighted by Gasteiger charge is 2.33. The van der Waals surface area contributed by atoms with Crippen molar-refractivity contribution in [3.63, 3.8) is 0 Å². The number of carbonyl (C=O) groups is 2. The lowest BCUT2D eigenvalue weighted by molar-refractivity contribution is 0.00295. The van der Waals surface area contributed by atoms with Gasteiger partial charge in [0.15, 0.2) is 0 Å². The first-order valence-electron chi connectivity index (χ1n) is 12.1. The van der Waals surface area contributed by atoms with Crippen molar-refractivity contribution in [3.8, 4) is 0 Å². The second-order valence-corrected chi connectivity index (χ2v) is 10.8. The molecule has 0 heterocycles. The van der Waals surface area contributed by atoms with Crippen LogP contribution in [0.3, 0.4) is 0 Å². The van der Waals surface area contributed by atoms with E-state index in [1.807, 2.05) is 0 Å². The summed E-state index contributed by atoms with van der Waals surface area (Å²) in [4.78, 5) is 25.1. The summed E-state index contributed by atoms with van der Waals surface area (Å²) in [6, 6.07) is 9.71. The standard InChI is InChI=1S/C28H36F2N2O6/c1-27(2,3)37-25(35)31-21(15-17-9-7-11-19(29)13-17)23(33)24(34)22(32-26(36)38-28(4,5)6)16-18-10-8-12-20(30)14-18/h7-15,22-24,33-34H,16H2,1-6H3,(H,31,35)(H,32,36)/b21-15-/t22-,23-,24+/m0/s1. The summed E-state index contributed by atoms with van der Waals surface area (Å²) in [5, 5.41) is 27.3. The molecular weight excluding hydrogens is 498 g/mol. The zero-order valence-electron chi connectivity index (χ0n) is 22.4. The van der Waals surface area contributed by atoms with E-state index in [4.69, 9.17) is 9.47 Å². The van der Waals surface area contributed by atoms with Crippen molar-refractivity contribution < 1.29 is 38.1 Å². The highest BCUT2D eigenvalue weighted by atomic mass is 19.1. The summed E-state index contributed by atoms with van der Waals surface area (Å²) in [5.74, 6) is -1.08. The largest absolute Gasteiger partial charge is 0.444 e. The number of hydrogen-bond donors (Lipinski definition) is 4. The van der Waals surface area contributed by atoms with Crippen LogP contribution in [-0.2, 0) is 15.9 Å². The Labute approximate surface area is 221 Å². The van der Waals surface area contributed by atoms with Crippen LogP contribution in [0.15, 0.2) is 54.2 Å². The molecule has 0 aromatic heterocycles. The molecule has 8 nitrogen and oxygen atoms in total. The number of aliphatic hydroxyl groups excluding tert-OH is 2. The Morgan fingerprint density at radius 1 is 0.895 bits per heavy atom. The number of amides is 2. The Balaban J connectivity index is 2.42. The smallest absolute Gasteiger partial charge is 0.411 e. The highest BCUT2D eigenvalue weighted by molar-refractivity contribution is 5.73. The topological polar surface area (TPSA) is 117 Å². The van der Waals surface area contributed by atoms with Gasteiger partial charge in [-0.1, -0.05) is 24.3 Å². The van der Waals surface area contributed by atoms with Crippen LogP contribution in [0.4, 0.5) is 18.4 Å². The van der Waals surface area contributed by atoms with Crippen LogP contribution in [0.1, 0.15) is 52.7 Å². The Morgan fingerprint density at radius 3 is 2.00 bits per heavy atom. The van der Waals surface area contributed by atoms with Crippen molar-refractivity contribution in [3.05, 3.63) is 77.0 Å². The van der Waals surface area contributed by atoms with Crippen molar-refractivity contribution in [2.75, 3.05) is 0 Å². The van der Waals surface area contributed by atoms with E-state index in [0.717, 1.165) is 0 Å². The number of aliphatic hydroxyl groups is 2. The lowest BCUT2D eigenvalue weighted by Crippen LogP contribution is -2.52. The predicted octanol–water partition coefficient (Wildman–Crippen LogP) is 4.69. The maximum Gasteiger partial charge on any atom is 0.411 e. The summed E-state index contributed by atoms with van der Waals surface area (Å²) in [5.41, 5.74) is -1.22. The summed E-state index contributed by atoms with van der Waals surface area (Å²) in [7, 11) is 0. The molecule has 0 aliphatic carbocycles. The molecule has 3 atom stereocenters. The molecule has 2 aromatic carbocycles. The fraction of sp³-hybridized carbons (Fsp3) is 0.429. The van der Waals surface area contributed by atoms with Crippen LogP contribution >= 0.6 is 0 Å². The molecule has 0 unspecified atom stereocenters. The van der Waals surface area contributed by atoms with Gasteiger partial charge in [0.05, 0.1) is 11.7 Å². The predicted molar refractivity (Wildman–Crippen MR) is 139 cm³/mol. The molecule has 10 heteroatoms. The van der Waals surface area contributed by atoms with Gasteiger partial charge in [-0.25, -0.2) is 18.4 Å². The molecule has 0 fully saturated rings. The number of carbonyl (C=O) groups excluding carboxylic acids is 2. The van der Waals surface area contributed by atoms with Crippen molar-refractivity contribution in [1.82, 2.24) is 10.6 Å². The molecule has 0 spiro atoms. The molecule has 208 valence electrons. The van der Waals surface area contributed by atoms with Crippen LogP contribution in [0.25, 0.3) is 6.08 Å². The van der Waals surface area contributed by atoms with E-state index in [1.165, 1.54) is 48.5 Å². The zero-order chi connectivity index (χ0) is 28.7. The van der Waals surface area contributed by atoms with Crippen LogP contribution < -0.4 is 10.6 Å². The maximum atomic E-state index is 13.8. The first-order valence-corrected chi connectivity index (χ1v) is 12.1. The second-order valence-electron chi connectivity index (χ2n) is 10.8. The molecule has 38 heavy (non-hydrogen) atoms. The summed E-state index contributed by atoms with van der Waals surface area (Å²) < 4.78 is 38.2. The molecule has 2 amide bonds. The Bertz CT molecular complexity index is 1140. The normalized spacial score (nSPS) is 14.7. The van der Waals surface area contributed by atoms with Crippen LogP contribution in [0, 0.1) is 11.6 Å². The molecule has 0 aliphatic rings. The zero-order valence-corrected chi connectivity index (χ0v) is 22.4.